The summed E-state index contributed by atoms with van der Waals surface area (Å²) in [7, 11) is 1.36. The third-order valence-corrected chi connectivity index (χ3v) is 4.99. The summed E-state index contributed by atoms with van der Waals surface area (Å²) in [4.78, 5) is 32.5. The molecule has 2 aliphatic rings. The fourth-order valence-corrected chi connectivity index (χ4v) is 3.52. The van der Waals surface area contributed by atoms with Crippen LogP contribution in [0.3, 0.4) is 0 Å². The number of nitrogens with one attached hydrogen (secondary N) is 1. The van der Waals surface area contributed by atoms with E-state index in [9.17, 15) is 35.9 Å². The molecule has 15 heteroatoms. The number of aliphatic imine (C=N–C) groups is 1. The Morgan fingerprint density at radius 3 is 2.57 bits per heavy atom. The first-order valence-electron chi connectivity index (χ1n) is 10.2. The second-order valence-corrected chi connectivity index (χ2v) is 7.45. The second-order valence-electron chi connectivity index (χ2n) is 7.45. The van der Waals surface area contributed by atoms with E-state index in [1.165, 1.54) is 36.4 Å². The van der Waals surface area contributed by atoms with E-state index in [1.807, 2.05) is 5.32 Å². The van der Waals surface area contributed by atoms with Crippen molar-refractivity contribution in [2.45, 2.75) is 12.4 Å². The Kier molecular flexibility index (Phi) is 6.59. The zero-order valence-corrected chi connectivity index (χ0v) is 18.6. The number of carbonyl (C=O) groups excluding carboxylic acids is 2. The first-order chi connectivity index (χ1) is 17.4. The van der Waals surface area contributed by atoms with E-state index < -0.39 is 40.9 Å². The van der Waals surface area contributed by atoms with E-state index in [0.717, 1.165) is 12.3 Å². The number of rotatable bonds is 5. The molecule has 0 fully saturated rings. The standard InChI is InChI=1S/C22H14F6N6O3/c1-37-11-13-7-16-15(3-2-6-33(16)18(10-35)31-13)34-19(22(26,27)28)14(9-30-34)20(36)32-12-4-5-29-17(8-12)21(23,24)25/h2-9H,11H2,1H3,(H,29,32,36). The van der Waals surface area contributed by atoms with Gasteiger partial charge >= 0.3 is 12.4 Å². The molecular formula is C22H14F6N6O3. The SMILES string of the molecule is COCC1=NC(=C=O)N2C=CC=C(n3ncc(C(=O)Nc4ccnc(C(F)(F)F)c4)c3C(F)(F)F)C2=C1. The zero-order valence-electron chi connectivity index (χ0n) is 18.6. The van der Waals surface area contributed by atoms with Crippen molar-refractivity contribution < 1.29 is 40.7 Å². The number of anilines is 1. The summed E-state index contributed by atoms with van der Waals surface area (Å²) < 4.78 is 86.8. The van der Waals surface area contributed by atoms with Crippen LogP contribution in [0, 0.1) is 0 Å². The van der Waals surface area contributed by atoms with Gasteiger partial charge in [0.15, 0.2) is 11.6 Å². The quantitative estimate of drug-likeness (QED) is 0.471. The van der Waals surface area contributed by atoms with Crippen LogP contribution >= 0.6 is 0 Å². The van der Waals surface area contributed by atoms with Crippen LogP contribution in [0.4, 0.5) is 32.0 Å². The number of hydrogen-bond donors (Lipinski definition) is 1. The van der Waals surface area contributed by atoms with Crippen molar-refractivity contribution in [2.24, 2.45) is 4.99 Å². The van der Waals surface area contributed by atoms with E-state index in [1.54, 1.807) is 5.94 Å². The molecule has 2 aromatic heterocycles. The topological polar surface area (TPSA) is 102 Å². The van der Waals surface area contributed by atoms with Crippen molar-refractivity contribution in [3.05, 3.63) is 77.4 Å². The van der Waals surface area contributed by atoms with Crippen molar-refractivity contribution in [3.8, 4) is 0 Å². The predicted octanol–water partition coefficient (Wildman–Crippen LogP) is 3.90. The van der Waals surface area contributed by atoms with Gasteiger partial charge in [0.2, 0.25) is 5.82 Å². The number of ether oxygens (including phenoxy) is 1. The normalized spacial score (nSPS) is 15.5. The molecule has 192 valence electrons. The van der Waals surface area contributed by atoms with Crippen molar-refractivity contribution in [1.82, 2.24) is 19.7 Å². The Labute approximate surface area is 203 Å². The number of allylic oxidation sites excluding steroid dienone is 3. The van der Waals surface area contributed by atoms with Crippen molar-refractivity contribution in [2.75, 3.05) is 19.0 Å². The third-order valence-electron chi connectivity index (χ3n) is 4.99. The van der Waals surface area contributed by atoms with Crippen LogP contribution in [-0.4, -0.2) is 50.9 Å². The number of pyridine rings is 1. The number of nitrogens with zero attached hydrogens (tertiary/aromatic N) is 5. The molecular weight excluding hydrogens is 510 g/mol. The minimum Gasteiger partial charge on any atom is -0.378 e. The van der Waals surface area contributed by atoms with E-state index in [2.05, 4.69) is 15.1 Å². The predicted molar refractivity (Wildman–Crippen MR) is 116 cm³/mol. The lowest BCUT2D eigenvalue weighted by atomic mass is 10.1. The van der Waals surface area contributed by atoms with Gasteiger partial charge < -0.3 is 10.1 Å². The lowest BCUT2D eigenvalue weighted by Crippen LogP contribution is -2.29. The molecule has 0 radical (unpaired) electrons. The molecule has 0 unspecified atom stereocenters. The number of aromatic nitrogens is 3. The number of methoxy groups -OCH3 is 1. The van der Waals surface area contributed by atoms with Gasteiger partial charge in [-0.1, -0.05) is 0 Å². The van der Waals surface area contributed by atoms with Gasteiger partial charge in [-0.3, -0.25) is 14.7 Å². The minimum absolute atomic E-state index is 0.0624. The average molecular weight is 524 g/mol. The van der Waals surface area contributed by atoms with E-state index in [0.29, 0.717) is 16.9 Å². The number of amides is 1. The van der Waals surface area contributed by atoms with E-state index >= 15 is 0 Å². The van der Waals surface area contributed by atoms with Gasteiger partial charge in [-0.25, -0.2) is 14.5 Å². The monoisotopic (exact) mass is 524 g/mol. The Hall–Kier alpha value is -4.49. The van der Waals surface area contributed by atoms with Crippen molar-refractivity contribution in [1.29, 1.82) is 0 Å². The van der Waals surface area contributed by atoms with Crippen LogP contribution < -0.4 is 5.32 Å². The maximum atomic E-state index is 14.2. The molecule has 0 saturated carbocycles. The molecule has 0 bridgehead atoms. The summed E-state index contributed by atoms with van der Waals surface area (Å²) >= 11 is 0. The summed E-state index contributed by atoms with van der Waals surface area (Å²) in [5.41, 5.74) is -4.10. The molecule has 0 aliphatic carbocycles. The summed E-state index contributed by atoms with van der Waals surface area (Å²) in [6.45, 7) is -0.0652. The number of alkyl halides is 6. The van der Waals surface area contributed by atoms with Crippen LogP contribution in [-0.2, 0) is 21.9 Å². The minimum atomic E-state index is -5.12. The summed E-state index contributed by atoms with van der Waals surface area (Å²) in [5.74, 6) is 0.00388. The van der Waals surface area contributed by atoms with Gasteiger partial charge in [0.1, 0.15) is 5.69 Å². The molecule has 9 nitrogen and oxygen atoms in total. The van der Waals surface area contributed by atoms with Crippen LogP contribution in [0.2, 0.25) is 0 Å². The van der Waals surface area contributed by atoms with Gasteiger partial charge in [-0.05, 0) is 30.4 Å². The van der Waals surface area contributed by atoms with Crippen LogP contribution in [0.5, 0.6) is 0 Å². The number of fused-ring (bicyclic) bond motifs is 1. The summed E-state index contributed by atoms with van der Waals surface area (Å²) in [5, 5.41) is 5.75. The Morgan fingerprint density at radius 2 is 1.92 bits per heavy atom. The van der Waals surface area contributed by atoms with Gasteiger partial charge in [-0.2, -0.15) is 31.4 Å². The Bertz CT molecular complexity index is 1430. The Morgan fingerprint density at radius 1 is 1.16 bits per heavy atom. The van der Waals surface area contributed by atoms with Crippen LogP contribution in [0.15, 0.2) is 65.5 Å². The van der Waals surface area contributed by atoms with Gasteiger partial charge in [0, 0.05) is 25.2 Å². The van der Waals surface area contributed by atoms with Crippen LogP contribution in [0.25, 0.3) is 5.70 Å². The lowest BCUT2D eigenvalue weighted by molar-refractivity contribution is -0.143. The fraction of sp³-hybridized carbons (Fsp3) is 0.182. The highest BCUT2D eigenvalue weighted by Gasteiger charge is 2.42. The fourth-order valence-electron chi connectivity index (χ4n) is 3.52. The second kappa shape index (κ2) is 9.52. The number of hydrogen-bond acceptors (Lipinski definition) is 7. The molecule has 4 heterocycles. The lowest BCUT2D eigenvalue weighted by Gasteiger charge is -2.30. The smallest absolute Gasteiger partial charge is 0.378 e. The number of carbonyl (C=O) groups is 1. The van der Waals surface area contributed by atoms with Crippen molar-refractivity contribution in [3.63, 3.8) is 0 Å². The maximum absolute atomic E-state index is 14.2. The highest BCUT2D eigenvalue weighted by Crippen LogP contribution is 2.38. The first-order valence-corrected chi connectivity index (χ1v) is 10.2. The van der Waals surface area contributed by atoms with Gasteiger partial charge in [0.25, 0.3) is 5.91 Å². The third kappa shape index (κ3) is 5.08. The molecule has 2 aromatic rings. The molecule has 1 amide bonds. The largest absolute Gasteiger partial charge is 0.434 e. The highest BCUT2D eigenvalue weighted by atomic mass is 19.4. The van der Waals surface area contributed by atoms with Gasteiger partial charge in [-0.15, -0.1) is 0 Å². The molecule has 0 aromatic carbocycles. The van der Waals surface area contributed by atoms with Crippen LogP contribution in [0.1, 0.15) is 21.7 Å². The molecule has 0 spiro atoms. The molecule has 0 atom stereocenters. The molecule has 1 N–H and O–H groups in total. The Balaban J connectivity index is 1.76. The number of halogens is 6. The first kappa shape index (κ1) is 25.6. The zero-order chi connectivity index (χ0) is 27.0. The molecule has 2 aliphatic heterocycles. The maximum Gasteiger partial charge on any atom is 0.434 e. The average Bonchev–Trinajstić information content (AvgIpc) is 3.29. The molecule has 4 rings (SSSR count). The molecule has 0 saturated heterocycles. The van der Waals surface area contributed by atoms with Gasteiger partial charge in [0.05, 0.1) is 35.5 Å². The van der Waals surface area contributed by atoms with E-state index in [-0.39, 0.29) is 29.5 Å². The summed E-state index contributed by atoms with van der Waals surface area (Å²) in [6.07, 6.45) is -3.21. The summed E-state index contributed by atoms with van der Waals surface area (Å²) in [6, 6.07) is 1.48. The highest BCUT2D eigenvalue weighted by molar-refractivity contribution is 6.05. The van der Waals surface area contributed by atoms with Crippen molar-refractivity contribution >= 4 is 28.9 Å². The van der Waals surface area contributed by atoms with E-state index in [4.69, 9.17) is 4.74 Å². The molecule has 37 heavy (non-hydrogen) atoms.